The van der Waals surface area contributed by atoms with Crippen LogP contribution in [0.3, 0.4) is 0 Å². The van der Waals surface area contributed by atoms with Gasteiger partial charge in [0.2, 0.25) is 0 Å². The van der Waals surface area contributed by atoms with Crippen molar-refractivity contribution in [2.75, 3.05) is 0 Å². The van der Waals surface area contributed by atoms with Crippen LogP contribution in [0.25, 0.3) is 0 Å². The van der Waals surface area contributed by atoms with Crippen LogP contribution in [0.2, 0.25) is 0 Å². The van der Waals surface area contributed by atoms with Crippen LogP contribution < -0.4 is 0 Å². The Bertz CT molecular complexity index is 657. The monoisotopic (exact) mass is 294 g/mol. The maximum atomic E-state index is 12.7. The smallest absolute Gasteiger partial charge is 0.381 e. The largest absolute Gasteiger partial charge is 0.416 e. The summed E-state index contributed by atoms with van der Waals surface area (Å²) >= 11 is 0. The van der Waals surface area contributed by atoms with Crippen LogP contribution in [0.4, 0.5) is 13.2 Å². The van der Waals surface area contributed by atoms with Crippen molar-refractivity contribution in [1.82, 2.24) is 0 Å². The van der Waals surface area contributed by atoms with E-state index in [0.29, 0.717) is 16.7 Å². The molecule has 0 aromatic heterocycles. The molecule has 0 fully saturated rings. The molecule has 0 heterocycles. The fourth-order valence-corrected chi connectivity index (χ4v) is 2.65. The molecule has 21 heavy (non-hydrogen) atoms. The molecule has 1 atom stereocenters. The minimum Gasteiger partial charge on any atom is -0.381 e. The topological polar surface area (TPSA) is 20.2 Å². The van der Waals surface area contributed by atoms with Gasteiger partial charge in [0.1, 0.15) is 5.60 Å². The lowest BCUT2D eigenvalue weighted by Gasteiger charge is -2.28. The summed E-state index contributed by atoms with van der Waals surface area (Å²) in [7, 11) is 0. The van der Waals surface area contributed by atoms with Gasteiger partial charge in [0.15, 0.2) is 0 Å². The van der Waals surface area contributed by atoms with E-state index in [4.69, 9.17) is 0 Å². The zero-order valence-corrected chi connectivity index (χ0v) is 12.1. The van der Waals surface area contributed by atoms with Crippen LogP contribution in [-0.2, 0) is 11.8 Å². The van der Waals surface area contributed by atoms with E-state index in [2.05, 4.69) is 0 Å². The highest BCUT2D eigenvalue weighted by atomic mass is 19.4. The van der Waals surface area contributed by atoms with Crippen LogP contribution in [0, 0.1) is 13.8 Å². The molecule has 2 aromatic rings. The summed E-state index contributed by atoms with van der Waals surface area (Å²) in [5.41, 5.74) is 0.432. The molecule has 0 radical (unpaired) electrons. The summed E-state index contributed by atoms with van der Waals surface area (Å²) < 4.78 is 38.2. The molecule has 0 bridgehead atoms. The van der Waals surface area contributed by atoms with Crippen LogP contribution in [0.1, 0.15) is 34.7 Å². The van der Waals surface area contributed by atoms with Crippen molar-refractivity contribution >= 4 is 0 Å². The Labute approximate surface area is 122 Å². The predicted molar refractivity (Wildman–Crippen MR) is 76.0 cm³/mol. The Kier molecular flexibility index (Phi) is 3.85. The summed E-state index contributed by atoms with van der Waals surface area (Å²) in [6, 6.07) is 10.7. The van der Waals surface area contributed by atoms with Crippen LogP contribution in [0.15, 0.2) is 42.5 Å². The van der Waals surface area contributed by atoms with Crippen molar-refractivity contribution in [3.8, 4) is 0 Å². The third-order valence-electron chi connectivity index (χ3n) is 3.75. The van der Waals surface area contributed by atoms with Crippen molar-refractivity contribution in [1.29, 1.82) is 0 Å². The van der Waals surface area contributed by atoms with Gasteiger partial charge in [-0.1, -0.05) is 30.3 Å². The van der Waals surface area contributed by atoms with E-state index < -0.39 is 17.3 Å². The molecule has 0 aliphatic carbocycles. The van der Waals surface area contributed by atoms with E-state index in [1.54, 1.807) is 26.0 Å². The maximum absolute atomic E-state index is 12.7. The zero-order valence-electron chi connectivity index (χ0n) is 12.1. The highest BCUT2D eigenvalue weighted by molar-refractivity contribution is 5.44. The molecule has 112 valence electrons. The third-order valence-corrected chi connectivity index (χ3v) is 3.75. The van der Waals surface area contributed by atoms with Crippen LogP contribution in [-0.4, -0.2) is 5.11 Å². The highest BCUT2D eigenvalue weighted by Gasteiger charge is 2.33. The number of benzene rings is 2. The summed E-state index contributed by atoms with van der Waals surface area (Å²) in [4.78, 5) is 0. The van der Waals surface area contributed by atoms with E-state index in [9.17, 15) is 18.3 Å². The van der Waals surface area contributed by atoms with Crippen molar-refractivity contribution in [2.24, 2.45) is 0 Å². The van der Waals surface area contributed by atoms with Gasteiger partial charge in [-0.3, -0.25) is 0 Å². The summed E-state index contributed by atoms with van der Waals surface area (Å²) in [5.74, 6) is 0. The van der Waals surface area contributed by atoms with E-state index in [1.807, 2.05) is 19.1 Å². The fourth-order valence-electron chi connectivity index (χ4n) is 2.65. The Morgan fingerprint density at radius 3 is 1.95 bits per heavy atom. The standard InChI is InChI=1S/C17H17F3O/c1-11-6-4-5-7-14(11)16(3,21)15-9-8-13(10-12(15)2)17(18,19)20/h4-10,21H,1-3H3. The number of halogens is 3. The number of alkyl halides is 3. The Hall–Kier alpha value is -1.81. The van der Waals surface area contributed by atoms with Crippen molar-refractivity contribution in [3.63, 3.8) is 0 Å². The molecular formula is C17H17F3O. The summed E-state index contributed by atoms with van der Waals surface area (Å²) in [5, 5.41) is 10.8. The van der Waals surface area contributed by atoms with Gasteiger partial charge in [-0.15, -0.1) is 0 Å². The molecule has 1 N–H and O–H groups in total. The van der Waals surface area contributed by atoms with Crippen molar-refractivity contribution in [2.45, 2.75) is 32.5 Å². The number of aryl methyl sites for hydroxylation is 2. The second kappa shape index (κ2) is 5.19. The zero-order chi connectivity index (χ0) is 15.8. The third kappa shape index (κ3) is 2.95. The van der Waals surface area contributed by atoms with E-state index in [0.717, 1.165) is 17.7 Å². The van der Waals surface area contributed by atoms with Gasteiger partial charge in [-0.05, 0) is 55.2 Å². The molecule has 0 aliphatic rings. The van der Waals surface area contributed by atoms with Gasteiger partial charge in [-0.25, -0.2) is 0 Å². The minimum atomic E-state index is -4.38. The molecular weight excluding hydrogens is 277 g/mol. The second-order valence-electron chi connectivity index (χ2n) is 5.41. The van der Waals surface area contributed by atoms with Crippen molar-refractivity contribution in [3.05, 3.63) is 70.3 Å². The van der Waals surface area contributed by atoms with Crippen LogP contribution in [0.5, 0.6) is 0 Å². The molecule has 0 saturated heterocycles. The van der Waals surface area contributed by atoms with E-state index >= 15 is 0 Å². The normalized spacial score (nSPS) is 14.8. The molecule has 1 unspecified atom stereocenters. The Morgan fingerprint density at radius 1 is 0.857 bits per heavy atom. The molecule has 0 aliphatic heterocycles. The molecule has 0 amide bonds. The second-order valence-corrected chi connectivity index (χ2v) is 5.41. The van der Waals surface area contributed by atoms with E-state index in [-0.39, 0.29) is 0 Å². The number of hydrogen-bond donors (Lipinski definition) is 1. The molecule has 1 nitrogen and oxygen atoms in total. The molecule has 4 heteroatoms. The maximum Gasteiger partial charge on any atom is 0.416 e. The first-order valence-electron chi connectivity index (χ1n) is 6.61. The molecule has 2 rings (SSSR count). The quantitative estimate of drug-likeness (QED) is 0.859. The number of aliphatic hydroxyl groups is 1. The summed E-state index contributed by atoms with van der Waals surface area (Å²) in [6.07, 6.45) is -4.38. The molecule has 2 aromatic carbocycles. The number of rotatable bonds is 2. The van der Waals surface area contributed by atoms with Gasteiger partial charge in [0.25, 0.3) is 0 Å². The first kappa shape index (κ1) is 15.6. The summed E-state index contributed by atoms with van der Waals surface area (Å²) in [6.45, 7) is 5.05. The van der Waals surface area contributed by atoms with Crippen LogP contribution >= 0.6 is 0 Å². The van der Waals surface area contributed by atoms with Crippen molar-refractivity contribution < 1.29 is 18.3 Å². The molecule has 0 spiro atoms. The average Bonchev–Trinajstić information content (AvgIpc) is 2.37. The van der Waals surface area contributed by atoms with Gasteiger partial charge < -0.3 is 5.11 Å². The highest BCUT2D eigenvalue weighted by Crippen LogP contribution is 2.36. The lowest BCUT2D eigenvalue weighted by Crippen LogP contribution is -2.25. The lowest BCUT2D eigenvalue weighted by molar-refractivity contribution is -0.137. The van der Waals surface area contributed by atoms with Gasteiger partial charge in [0.05, 0.1) is 5.56 Å². The SMILES string of the molecule is Cc1ccccc1C(C)(O)c1ccc(C(F)(F)F)cc1C. The first-order valence-corrected chi connectivity index (χ1v) is 6.61. The Balaban J connectivity index is 2.54. The van der Waals surface area contributed by atoms with Gasteiger partial charge in [0, 0.05) is 0 Å². The lowest BCUT2D eigenvalue weighted by atomic mass is 9.83. The van der Waals surface area contributed by atoms with Gasteiger partial charge in [-0.2, -0.15) is 13.2 Å². The number of hydrogen-bond acceptors (Lipinski definition) is 1. The first-order chi connectivity index (χ1) is 9.64. The van der Waals surface area contributed by atoms with Gasteiger partial charge >= 0.3 is 6.18 Å². The Morgan fingerprint density at radius 2 is 1.43 bits per heavy atom. The predicted octanol–water partition coefficient (Wildman–Crippen LogP) is 4.58. The minimum absolute atomic E-state index is 0.415. The van der Waals surface area contributed by atoms with E-state index in [1.165, 1.54) is 6.07 Å². The average molecular weight is 294 g/mol. The fraction of sp³-hybridized carbons (Fsp3) is 0.294. The molecule has 0 saturated carbocycles.